The Kier molecular flexibility index (Phi) is 8.64. The zero-order valence-corrected chi connectivity index (χ0v) is 9.29. The topological polar surface area (TPSA) is 46.5 Å². The number of methoxy groups -OCH3 is 1. The van der Waals surface area contributed by atoms with Crippen molar-refractivity contribution in [1.82, 2.24) is 0 Å². The number of hydrogen-bond acceptors (Lipinski definition) is 2. The van der Waals surface area contributed by atoms with Crippen molar-refractivity contribution in [2.24, 2.45) is 0 Å². The number of ether oxygens (including phenoxy) is 1. The van der Waals surface area contributed by atoms with E-state index in [1.54, 1.807) is 7.11 Å². The molecular weight excluding hydrogens is 180 g/mol. The highest BCUT2D eigenvalue weighted by molar-refractivity contribution is 5.67. The van der Waals surface area contributed by atoms with Gasteiger partial charge in [0.05, 0.1) is 12.5 Å². The third-order valence-corrected chi connectivity index (χ3v) is 2.37. The number of carbonyl (C=O) groups is 1. The summed E-state index contributed by atoms with van der Waals surface area (Å²) in [5, 5.41) is 8.58. The Morgan fingerprint density at radius 1 is 1.29 bits per heavy atom. The van der Waals surface area contributed by atoms with E-state index in [4.69, 9.17) is 9.84 Å². The fourth-order valence-electron chi connectivity index (χ4n) is 1.47. The van der Waals surface area contributed by atoms with E-state index >= 15 is 0 Å². The fourth-order valence-corrected chi connectivity index (χ4v) is 1.47. The van der Waals surface area contributed by atoms with Crippen molar-refractivity contribution in [2.75, 3.05) is 7.11 Å². The van der Waals surface area contributed by atoms with Gasteiger partial charge in [-0.1, -0.05) is 39.0 Å². The highest BCUT2D eigenvalue weighted by Gasteiger charge is 2.11. The summed E-state index contributed by atoms with van der Waals surface area (Å²) >= 11 is 0. The zero-order chi connectivity index (χ0) is 10.8. The SMILES string of the molecule is CCCCCCC[C@H](CC(=O)O)OC. The molecule has 0 spiro atoms. The normalized spacial score (nSPS) is 12.7. The third-order valence-electron chi connectivity index (χ3n) is 2.37. The quantitative estimate of drug-likeness (QED) is 0.585. The van der Waals surface area contributed by atoms with E-state index in [1.807, 2.05) is 0 Å². The molecule has 0 amide bonds. The second-order valence-electron chi connectivity index (χ2n) is 3.66. The van der Waals surface area contributed by atoms with E-state index in [0.717, 1.165) is 12.8 Å². The van der Waals surface area contributed by atoms with E-state index in [2.05, 4.69) is 6.92 Å². The van der Waals surface area contributed by atoms with Crippen molar-refractivity contribution in [3.63, 3.8) is 0 Å². The molecular formula is C11H22O3. The van der Waals surface area contributed by atoms with Gasteiger partial charge in [-0.15, -0.1) is 0 Å². The van der Waals surface area contributed by atoms with Crippen molar-refractivity contribution in [1.29, 1.82) is 0 Å². The van der Waals surface area contributed by atoms with Crippen LogP contribution in [-0.2, 0) is 9.53 Å². The molecule has 1 atom stereocenters. The molecule has 0 aliphatic rings. The lowest BCUT2D eigenvalue weighted by Crippen LogP contribution is -2.15. The van der Waals surface area contributed by atoms with Crippen LogP contribution in [0.2, 0.25) is 0 Å². The summed E-state index contributed by atoms with van der Waals surface area (Å²) in [4.78, 5) is 10.4. The van der Waals surface area contributed by atoms with Crippen LogP contribution in [0.1, 0.15) is 51.9 Å². The minimum Gasteiger partial charge on any atom is -0.481 e. The molecule has 3 heteroatoms. The first-order chi connectivity index (χ1) is 6.70. The standard InChI is InChI=1S/C11H22O3/c1-3-4-5-6-7-8-10(14-2)9-11(12)13/h10H,3-9H2,1-2H3,(H,12,13)/t10-/m1/s1. The third kappa shape index (κ3) is 8.05. The molecule has 0 aromatic rings. The van der Waals surface area contributed by atoms with Crippen LogP contribution >= 0.6 is 0 Å². The van der Waals surface area contributed by atoms with Crippen LogP contribution in [0.25, 0.3) is 0 Å². The van der Waals surface area contributed by atoms with Crippen molar-refractivity contribution < 1.29 is 14.6 Å². The molecule has 0 aliphatic heterocycles. The van der Waals surface area contributed by atoms with Gasteiger partial charge in [0.1, 0.15) is 0 Å². The van der Waals surface area contributed by atoms with Gasteiger partial charge in [0, 0.05) is 7.11 Å². The van der Waals surface area contributed by atoms with Gasteiger partial charge in [-0.2, -0.15) is 0 Å². The van der Waals surface area contributed by atoms with Gasteiger partial charge in [-0.3, -0.25) is 4.79 Å². The van der Waals surface area contributed by atoms with Gasteiger partial charge in [-0.25, -0.2) is 0 Å². The van der Waals surface area contributed by atoms with Crippen LogP contribution in [0.3, 0.4) is 0 Å². The summed E-state index contributed by atoms with van der Waals surface area (Å²) in [7, 11) is 1.58. The molecule has 0 aromatic heterocycles. The smallest absolute Gasteiger partial charge is 0.305 e. The van der Waals surface area contributed by atoms with Crippen molar-refractivity contribution in [3.8, 4) is 0 Å². The molecule has 0 aliphatic carbocycles. The molecule has 0 radical (unpaired) electrons. The summed E-state index contributed by atoms with van der Waals surface area (Å²) < 4.78 is 5.09. The van der Waals surface area contributed by atoms with Gasteiger partial charge in [0.25, 0.3) is 0 Å². The maximum absolute atomic E-state index is 10.4. The number of unbranched alkanes of at least 4 members (excludes halogenated alkanes) is 4. The highest BCUT2D eigenvalue weighted by atomic mass is 16.5. The molecule has 3 nitrogen and oxygen atoms in total. The van der Waals surface area contributed by atoms with Crippen molar-refractivity contribution in [3.05, 3.63) is 0 Å². The number of carboxylic acids is 1. The summed E-state index contributed by atoms with van der Waals surface area (Å²) in [6, 6.07) is 0. The lowest BCUT2D eigenvalue weighted by atomic mass is 10.1. The molecule has 0 aromatic carbocycles. The zero-order valence-electron chi connectivity index (χ0n) is 9.29. The minimum absolute atomic E-state index is 0.103. The Balaban J connectivity index is 3.38. The Hall–Kier alpha value is -0.570. The van der Waals surface area contributed by atoms with Gasteiger partial charge < -0.3 is 9.84 Å². The van der Waals surface area contributed by atoms with Crippen LogP contribution in [0.15, 0.2) is 0 Å². The van der Waals surface area contributed by atoms with Crippen LogP contribution in [-0.4, -0.2) is 24.3 Å². The number of rotatable bonds is 9. The number of hydrogen-bond donors (Lipinski definition) is 1. The van der Waals surface area contributed by atoms with E-state index in [0.29, 0.717) is 0 Å². The van der Waals surface area contributed by atoms with E-state index in [1.165, 1.54) is 25.7 Å². The molecule has 0 unspecified atom stereocenters. The molecule has 0 saturated heterocycles. The average Bonchev–Trinajstić information content (AvgIpc) is 2.15. The molecule has 14 heavy (non-hydrogen) atoms. The molecule has 0 bridgehead atoms. The predicted octanol–water partition coefficient (Wildman–Crippen LogP) is 2.84. The number of carboxylic acid groups (broad SMARTS) is 1. The molecule has 0 rings (SSSR count). The number of aliphatic carboxylic acids is 1. The van der Waals surface area contributed by atoms with E-state index in [-0.39, 0.29) is 12.5 Å². The fraction of sp³-hybridized carbons (Fsp3) is 0.909. The highest BCUT2D eigenvalue weighted by Crippen LogP contribution is 2.11. The van der Waals surface area contributed by atoms with Gasteiger partial charge >= 0.3 is 5.97 Å². The maximum Gasteiger partial charge on any atom is 0.305 e. The molecule has 0 saturated carbocycles. The summed E-state index contributed by atoms with van der Waals surface area (Å²) in [5.74, 6) is -0.773. The monoisotopic (exact) mass is 202 g/mol. The molecule has 0 heterocycles. The summed E-state index contributed by atoms with van der Waals surface area (Å²) in [6.45, 7) is 2.18. The Morgan fingerprint density at radius 2 is 1.93 bits per heavy atom. The molecule has 1 N–H and O–H groups in total. The van der Waals surface area contributed by atoms with E-state index in [9.17, 15) is 4.79 Å². The summed E-state index contributed by atoms with van der Waals surface area (Å²) in [5.41, 5.74) is 0. The largest absolute Gasteiger partial charge is 0.481 e. The first-order valence-corrected chi connectivity index (χ1v) is 5.45. The van der Waals surface area contributed by atoms with Crippen molar-refractivity contribution in [2.45, 2.75) is 58.0 Å². The van der Waals surface area contributed by atoms with Crippen LogP contribution in [0, 0.1) is 0 Å². The molecule has 0 fully saturated rings. The van der Waals surface area contributed by atoms with Crippen LogP contribution in [0.5, 0.6) is 0 Å². The van der Waals surface area contributed by atoms with Crippen molar-refractivity contribution >= 4 is 5.97 Å². The Morgan fingerprint density at radius 3 is 2.43 bits per heavy atom. The van der Waals surface area contributed by atoms with E-state index < -0.39 is 5.97 Å². The van der Waals surface area contributed by atoms with Gasteiger partial charge in [0.15, 0.2) is 0 Å². The first-order valence-electron chi connectivity index (χ1n) is 5.45. The molecule has 84 valence electrons. The predicted molar refractivity (Wildman–Crippen MR) is 56.4 cm³/mol. The lowest BCUT2D eigenvalue weighted by molar-refractivity contribution is -0.139. The Bertz CT molecular complexity index is 145. The lowest BCUT2D eigenvalue weighted by Gasteiger charge is -2.12. The maximum atomic E-state index is 10.4. The van der Waals surface area contributed by atoms with Gasteiger partial charge in [-0.05, 0) is 6.42 Å². The average molecular weight is 202 g/mol. The van der Waals surface area contributed by atoms with Gasteiger partial charge in [0.2, 0.25) is 0 Å². The van der Waals surface area contributed by atoms with Crippen LogP contribution in [0.4, 0.5) is 0 Å². The minimum atomic E-state index is -0.773. The second-order valence-corrected chi connectivity index (χ2v) is 3.66. The van der Waals surface area contributed by atoms with Crippen LogP contribution < -0.4 is 0 Å². The summed E-state index contributed by atoms with van der Waals surface area (Å²) in [6.07, 6.45) is 6.92. The first kappa shape index (κ1) is 13.4. The Labute approximate surface area is 86.5 Å². The second kappa shape index (κ2) is 9.00.